The van der Waals surface area contributed by atoms with Gasteiger partial charge in [-0.1, -0.05) is 30.2 Å². The summed E-state index contributed by atoms with van der Waals surface area (Å²) >= 11 is 5.92. The molecule has 0 amide bonds. The molecule has 20 heavy (non-hydrogen) atoms. The molecule has 1 fully saturated rings. The first-order valence-electron chi connectivity index (χ1n) is 6.79. The SMILES string of the molecule is CS(=O)(=O)N1N=C2CCCCC2C1c1ccc(Cl)cc1. The van der Waals surface area contributed by atoms with Crippen molar-refractivity contribution in [3.63, 3.8) is 0 Å². The third-order valence-corrected chi connectivity index (χ3v) is 5.26. The lowest BCUT2D eigenvalue weighted by atomic mass is 9.81. The van der Waals surface area contributed by atoms with Gasteiger partial charge < -0.3 is 0 Å². The molecule has 0 saturated heterocycles. The summed E-state index contributed by atoms with van der Waals surface area (Å²) in [4.78, 5) is 0. The van der Waals surface area contributed by atoms with Crippen molar-refractivity contribution >= 4 is 27.3 Å². The van der Waals surface area contributed by atoms with Crippen molar-refractivity contribution in [1.82, 2.24) is 4.41 Å². The van der Waals surface area contributed by atoms with Gasteiger partial charge in [0.15, 0.2) is 0 Å². The Balaban J connectivity index is 2.03. The summed E-state index contributed by atoms with van der Waals surface area (Å²) in [6.45, 7) is 0. The number of rotatable bonds is 2. The fraction of sp³-hybridized carbons (Fsp3) is 0.500. The van der Waals surface area contributed by atoms with Crippen molar-refractivity contribution in [2.24, 2.45) is 11.0 Å². The number of sulfonamides is 1. The van der Waals surface area contributed by atoms with E-state index in [1.54, 1.807) is 12.1 Å². The molecule has 0 radical (unpaired) electrons. The number of nitrogens with zero attached hydrogens (tertiary/aromatic N) is 2. The van der Waals surface area contributed by atoms with E-state index in [-0.39, 0.29) is 12.0 Å². The maximum Gasteiger partial charge on any atom is 0.247 e. The molecule has 1 saturated carbocycles. The standard InChI is InChI=1S/C14H17ClN2O2S/c1-20(18,19)17-14(10-6-8-11(15)9-7-10)12-4-2-3-5-13(12)16-17/h6-9,12,14H,2-5H2,1H3. The van der Waals surface area contributed by atoms with Crippen LogP contribution in [0.4, 0.5) is 0 Å². The van der Waals surface area contributed by atoms with Crippen LogP contribution in [-0.2, 0) is 10.0 Å². The van der Waals surface area contributed by atoms with Gasteiger partial charge in [0.2, 0.25) is 10.0 Å². The maximum absolute atomic E-state index is 12.0. The third kappa shape index (κ3) is 2.44. The van der Waals surface area contributed by atoms with Crippen LogP contribution in [0.25, 0.3) is 0 Å². The van der Waals surface area contributed by atoms with Crippen molar-refractivity contribution in [1.29, 1.82) is 0 Å². The van der Waals surface area contributed by atoms with Gasteiger partial charge in [-0.3, -0.25) is 0 Å². The van der Waals surface area contributed by atoms with Gasteiger partial charge in [0.1, 0.15) is 0 Å². The van der Waals surface area contributed by atoms with E-state index < -0.39 is 10.0 Å². The molecule has 0 bridgehead atoms. The van der Waals surface area contributed by atoms with Crippen molar-refractivity contribution < 1.29 is 8.42 Å². The highest BCUT2D eigenvalue weighted by molar-refractivity contribution is 7.88. The van der Waals surface area contributed by atoms with Gasteiger partial charge >= 0.3 is 0 Å². The Kier molecular flexibility index (Phi) is 3.50. The minimum atomic E-state index is -3.36. The van der Waals surface area contributed by atoms with E-state index in [9.17, 15) is 8.42 Å². The zero-order chi connectivity index (χ0) is 14.3. The summed E-state index contributed by atoms with van der Waals surface area (Å²) in [5.41, 5.74) is 1.99. The van der Waals surface area contributed by atoms with Crippen molar-refractivity contribution in [2.45, 2.75) is 31.7 Å². The molecule has 2 unspecified atom stereocenters. The Labute approximate surface area is 124 Å². The summed E-state index contributed by atoms with van der Waals surface area (Å²) in [5.74, 6) is 0.208. The summed E-state index contributed by atoms with van der Waals surface area (Å²) < 4.78 is 25.3. The van der Waals surface area contributed by atoms with Gasteiger partial charge in [-0.15, -0.1) is 0 Å². The number of hydrogen-bond acceptors (Lipinski definition) is 3. The van der Waals surface area contributed by atoms with Crippen LogP contribution in [0.15, 0.2) is 29.4 Å². The van der Waals surface area contributed by atoms with Crippen molar-refractivity contribution in [3.05, 3.63) is 34.9 Å². The Morgan fingerprint density at radius 1 is 1.25 bits per heavy atom. The first kappa shape index (κ1) is 13.9. The van der Waals surface area contributed by atoms with Crippen molar-refractivity contribution in [3.8, 4) is 0 Å². The van der Waals surface area contributed by atoms with Gasteiger partial charge in [0.25, 0.3) is 0 Å². The monoisotopic (exact) mass is 312 g/mol. The number of hydrogen-bond donors (Lipinski definition) is 0. The molecule has 1 heterocycles. The number of benzene rings is 1. The molecule has 1 aliphatic heterocycles. The lowest BCUT2D eigenvalue weighted by molar-refractivity contribution is 0.310. The van der Waals surface area contributed by atoms with Gasteiger partial charge in [-0.25, -0.2) is 8.42 Å². The summed E-state index contributed by atoms with van der Waals surface area (Å²) in [6, 6.07) is 7.20. The summed E-state index contributed by atoms with van der Waals surface area (Å²) in [7, 11) is -3.36. The zero-order valence-corrected chi connectivity index (χ0v) is 12.9. The molecule has 2 atom stereocenters. The fourth-order valence-corrected chi connectivity index (χ4v) is 4.19. The van der Waals surface area contributed by atoms with E-state index in [1.165, 1.54) is 10.7 Å². The highest BCUT2D eigenvalue weighted by Crippen LogP contribution is 2.43. The number of fused-ring (bicyclic) bond motifs is 1. The minimum Gasteiger partial charge on any atom is -0.205 e. The fourth-order valence-electron chi connectivity index (χ4n) is 3.13. The lowest BCUT2D eigenvalue weighted by Crippen LogP contribution is -2.30. The van der Waals surface area contributed by atoms with Crippen LogP contribution in [-0.4, -0.2) is 24.8 Å². The second-order valence-corrected chi connectivity index (χ2v) is 7.75. The topological polar surface area (TPSA) is 49.7 Å². The molecule has 0 N–H and O–H groups in total. The molecule has 2 aliphatic rings. The second kappa shape index (κ2) is 5.04. The quantitative estimate of drug-likeness (QED) is 0.842. The van der Waals surface area contributed by atoms with Gasteiger partial charge in [0.05, 0.1) is 12.3 Å². The van der Waals surface area contributed by atoms with Crippen LogP contribution in [0, 0.1) is 5.92 Å². The van der Waals surface area contributed by atoms with Gasteiger partial charge in [0, 0.05) is 16.7 Å². The molecule has 1 aliphatic carbocycles. The van der Waals surface area contributed by atoms with Crippen LogP contribution in [0.2, 0.25) is 5.02 Å². The first-order chi connectivity index (χ1) is 9.47. The molecule has 0 aromatic heterocycles. The minimum absolute atomic E-state index is 0.208. The molecule has 4 nitrogen and oxygen atoms in total. The second-order valence-electron chi connectivity index (χ2n) is 5.48. The number of halogens is 1. The molecule has 1 aromatic rings. The van der Waals surface area contributed by atoms with E-state index in [0.29, 0.717) is 5.02 Å². The first-order valence-corrected chi connectivity index (χ1v) is 9.02. The molecule has 3 rings (SSSR count). The molecule has 6 heteroatoms. The average molecular weight is 313 g/mol. The normalized spacial score (nSPS) is 26.3. The molecular weight excluding hydrogens is 296 g/mol. The smallest absolute Gasteiger partial charge is 0.205 e. The molecular formula is C14H17ClN2O2S. The van der Waals surface area contributed by atoms with E-state index in [2.05, 4.69) is 5.10 Å². The van der Waals surface area contributed by atoms with Crippen LogP contribution in [0.5, 0.6) is 0 Å². The average Bonchev–Trinajstić information content (AvgIpc) is 2.79. The lowest BCUT2D eigenvalue weighted by Gasteiger charge is -2.28. The van der Waals surface area contributed by atoms with E-state index in [0.717, 1.165) is 37.0 Å². The Hall–Kier alpha value is -1.07. The van der Waals surface area contributed by atoms with Gasteiger partial charge in [-0.2, -0.15) is 9.52 Å². The van der Waals surface area contributed by atoms with Gasteiger partial charge in [-0.05, 0) is 37.0 Å². The highest BCUT2D eigenvalue weighted by atomic mass is 35.5. The zero-order valence-electron chi connectivity index (χ0n) is 11.3. The van der Waals surface area contributed by atoms with E-state index in [4.69, 9.17) is 11.6 Å². The Bertz CT molecular complexity index is 640. The third-order valence-electron chi connectivity index (χ3n) is 4.02. The van der Waals surface area contributed by atoms with Crippen LogP contribution < -0.4 is 0 Å². The molecule has 108 valence electrons. The number of hydrazone groups is 1. The predicted octanol–water partition coefficient (Wildman–Crippen LogP) is 3.20. The summed E-state index contributed by atoms with van der Waals surface area (Å²) in [6.07, 6.45) is 5.35. The predicted molar refractivity (Wildman–Crippen MR) is 80.3 cm³/mol. The summed E-state index contributed by atoms with van der Waals surface area (Å²) in [5, 5.41) is 5.05. The van der Waals surface area contributed by atoms with E-state index in [1.807, 2.05) is 12.1 Å². The highest BCUT2D eigenvalue weighted by Gasteiger charge is 2.42. The van der Waals surface area contributed by atoms with E-state index >= 15 is 0 Å². The van der Waals surface area contributed by atoms with Crippen LogP contribution >= 0.6 is 11.6 Å². The molecule has 1 aromatic carbocycles. The van der Waals surface area contributed by atoms with Crippen molar-refractivity contribution in [2.75, 3.05) is 6.26 Å². The van der Waals surface area contributed by atoms with Crippen LogP contribution in [0.3, 0.4) is 0 Å². The van der Waals surface area contributed by atoms with Crippen LogP contribution in [0.1, 0.15) is 37.3 Å². The maximum atomic E-state index is 12.0. The Morgan fingerprint density at radius 3 is 2.60 bits per heavy atom. The molecule has 0 spiro atoms. The largest absolute Gasteiger partial charge is 0.247 e. The Morgan fingerprint density at radius 2 is 1.95 bits per heavy atom.